The minimum absolute atomic E-state index is 0.150. The number of aliphatic hydroxyl groups excluding tert-OH is 1. The summed E-state index contributed by atoms with van der Waals surface area (Å²) in [6.07, 6.45) is 0. The van der Waals surface area contributed by atoms with Crippen molar-refractivity contribution in [3.63, 3.8) is 0 Å². The van der Waals surface area contributed by atoms with Crippen molar-refractivity contribution in [2.45, 2.75) is 18.6 Å². The Balaban J connectivity index is 1.92. The second-order valence-electron chi connectivity index (χ2n) is 5.33. The molecule has 1 fully saturated rings. The fourth-order valence-corrected chi connectivity index (χ4v) is 2.27. The standard InChI is InChI=1S/C15H20N4O4/c1-19(8-10-5-3-2-4-6-10)14(22)12(9-20)17-13(21)11-7-16-15(23)18-11/h2-6,11-12,20H,7-9H2,1H3,(H,17,21)(H2,16,18,23). The van der Waals surface area contributed by atoms with Crippen LogP contribution in [-0.4, -0.2) is 60.1 Å². The molecule has 1 aliphatic heterocycles. The molecule has 8 heteroatoms. The van der Waals surface area contributed by atoms with Crippen molar-refractivity contribution in [2.75, 3.05) is 20.2 Å². The number of carbonyl (C=O) groups excluding carboxylic acids is 3. The molecule has 1 aromatic rings. The summed E-state index contributed by atoms with van der Waals surface area (Å²) < 4.78 is 0. The number of hydrogen-bond acceptors (Lipinski definition) is 4. The third-order valence-electron chi connectivity index (χ3n) is 3.52. The Labute approximate surface area is 133 Å². The van der Waals surface area contributed by atoms with Crippen molar-refractivity contribution in [3.05, 3.63) is 35.9 Å². The van der Waals surface area contributed by atoms with Gasteiger partial charge in [-0.25, -0.2) is 4.79 Å². The number of urea groups is 1. The lowest BCUT2D eigenvalue weighted by molar-refractivity contribution is -0.137. The highest BCUT2D eigenvalue weighted by atomic mass is 16.3. The van der Waals surface area contributed by atoms with Gasteiger partial charge < -0.3 is 26.0 Å². The van der Waals surface area contributed by atoms with E-state index >= 15 is 0 Å². The lowest BCUT2D eigenvalue weighted by Crippen LogP contribution is -2.54. The van der Waals surface area contributed by atoms with E-state index in [1.54, 1.807) is 7.05 Å². The molecule has 4 N–H and O–H groups in total. The Morgan fingerprint density at radius 3 is 2.65 bits per heavy atom. The topological polar surface area (TPSA) is 111 Å². The van der Waals surface area contributed by atoms with E-state index in [0.29, 0.717) is 6.54 Å². The fourth-order valence-electron chi connectivity index (χ4n) is 2.27. The van der Waals surface area contributed by atoms with Crippen LogP contribution in [0.2, 0.25) is 0 Å². The summed E-state index contributed by atoms with van der Waals surface area (Å²) in [7, 11) is 1.60. The van der Waals surface area contributed by atoms with E-state index in [-0.39, 0.29) is 6.54 Å². The van der Waals surface area contributed by atoms with Crippen LogP contribution in [0.4, 0.5) is 4.79 Å². The smallest absolute Gasteiger partial charge is 0.315 e. The van der Waals surface area contributed by atoms with Gasteiger partial charge in [0.05, 0.1) is 6.61 Å². The van der Waals surface area contributed by atoms with E-state index in [2.05, 4.69) is 16.0 Å². The van der Waals surface area contributed by atoms with Gasteiger partial charge in [-0.3, -0.25) is 9.59 Å². The zero-order chi connectivity index (χ0) is 16.8. The van der Waals surface area contributed by atoms with E-state index in [1.165, 1.54) is 4.90 Å². The van der Waals surface area contributed by atoms with Crippen LogP contribution < -0.4 is 16.0 Å². The van der Waals surface area contributed by atoms with Crippen LogP contribution in [0.5, 0.6) is 0 Å². The minimum Gasteiger partial charge on any atom is -0.394 e. The van der Waals surface area contributed by atoms with Crippen LogP contribution in [0.15, 0.2) is 30.3 Å². The van der Waals surface area contributed by atoms with Gasteiger partial charge in [0.2, 0.25) is 11.8 Å². The van der Waals surface area contributed by atoms with E-state index in [4.69, 9.17) is 0 Å². The Kier molecular flexibility index (Phi) is 5.53. The molecule has 0 aliphatic carbocycles. The third kappa shape index (κ3) is 4.43. The van der Waals surface area contributed by atoms with Crippen molar-refractivity contribution in [3.8, 4) is 0 Å². The van der Waals surface area contributed by atoms with E-state index in [1.807, 2.05) is 30.3 Å². The second-order valence-corrected chi connectivity index (χ2v) is 5.33. The Morgan fingerprint density at radius 2 is 2.09 bits per heavy atom. The molecular weight excluding hydrogens is 300 g/mol. The summed E-state index contributed by atoms with van der Waals surface area (Å²) in [5.74, 6) is -0.911. The predicted molar refractivity (Wildman–Crippen MR) is 82.3 cm³/mol. The number of carbonyl (C=O) groups is 3. The molecular formula is C15H20N4O4. The third-order valence-corrected chi connectivity index (χ3v) is 3.52. The zero-order valence-electron chi connectivity index (χ0n) is 12.8. The highest BCUT2D eigenvalue weighted by Gasteiger charge is 2.30. The first-order valence-electron chi connectivity index (χ1n) is 7.25. The highest BCUT2D eigenvalue weighted by molar-refractivity contribution is 5.93. The average molecular weight is 320 g/mol. The van der Waals surface area contributed by atoms with Gasteiger partial charge in [0.25, 0.3) is 0 Å². The molecule has 0 bridgehead atoms. The molecule has 1 aromatic carbocycles. The van der Waals surface area contributed by atoms with E-state index in [9.17, 15) is 19.5 Å². The van der Waals surface area contributed by atoms with Gasteiger partial charge in [-0.1, -0.05) is 30.3 Å². The molecule has 4 amide bonds. The number of amides is 4. The van der Waals surface area contributed by atoms with Crippen LogP contribution in [0.25, 0.3) is 0 Å². The predicted octanol–water partition coefficient (Wildman–Crippen LogP) is -1.20. The quantitative estimate of drug-likeness (QED) is 0.528. The summed E-state index contributed by atoms with van der Waals surface area (Å²) in [4.78, 5) is 36.8. The number of rotatable bonds is 6. The molecule has 124 valence electrons. The Morgan fingerprint density at radius 1 is 1.39 bits per heavy atom. The normalized spacial score (nSPS) is 17.8. The number of likely N-dealkylation sites (N-methyl/N-ethyl adjacent to an activating group) is 1. The van der Waals surface area contributed by atoms with Crippen molar-refractivity contribution in [1.29, 1.82) is 0 Å². The van der Waals surface area contributed by atoms with Crippen molar-refractivity contribution < 1.29 is 19.5 Å². The zero-order valence-corrected chi connectivity index (χ0v) is 12.8. The molecule has 0 spiro atoms. The molecule has 1 aliphatic rings. The van der Waals surface area contributed by atoms with E-state index in [0.717, 1.165) is 5.56 Å². The first-order chi connectivity index (χ1) is 11.0. The number of aliphatic hydroxyl groups is 1. The highest BCUT2D eigenvalue weighted by Crippen LogP contribution is 2.04. The summed E-state index contributed by atoms with van der Waals surface area (Å²) in [5, 5.41) is 16.7. The van der Waals surface area contributed by atoms with Gasteiger partial charge in [-0.15, -0.1) is 0 Å². The fraction of sp³-hybridized carbons (Fsp3) is 0.400. The summed E-state index contributed by atoms with van der Waals surface area (Å²) >= 11 is 0. The van der Waals surface area contributed by atoms with Crippen molar-refractivity contribution in [2.24, 2.45) is 0 Å². The molecule has 0 saturated carbocycles. The van der Waals surface area contributed by atoms with Gasteiger partial charge in [-0.2, -0.15) is 0 Å². The van der Waals surface area contributed by atoms with Crippen LogP contribution in [0.3, 0.4) is 0 Å². The Bertz CT molecular complexity index is 578. The molecule has 1 heterocycles. The number of nitrogens with zero attached hydrogens (tertiary/aromatic N) is 1. The Hall–Kier alpha value is -2.61. The molecule has 0 aromatic heterocycles. The number of hydrogen-bond donors (Lipinski definition) is 4. The molecule has 2 rings (SSSR count). The number of benzene rings is 1. The average Bonchev–Trinajstić information content (AvgIpc) is 2.99. The van der Waals surface area contributed by atoms with Gasteiger partial charge in [-0.05, 0) is 5.56 Å². The largest absolute Gasteiger partial charge is 0.394 e. The van der Waals surface area contributed by atoms with Crippen molar-refractivity contribution in [1.82, 2.24) is 20.9 Å². The first kappa shape index (κ1) is 16.8. The van der Waals surface area contributed by atoms with Gasteiger partial charge >= 0.3 is 6.03 Å². The maximum Gasteiger partial charge on any atom is 0.315 e. The lowest BCUT2D eigenvalue weighted by Gasteiger charge is -2.24. The van der Waals surface area contributed by atoms with Gasteiger partial charge in [0.15, 0.2) is 0 Å². The maximum atomic E-state index is 12.3. The molecule has 2 unspecified atom stereocenters. The molecule has 0 radical (unpaired) electrons. The van der Waals surface area contributed by atoms with Crippen LogP contribution >= 0.6 is 0 Å². The molecule has 2 atom stereocenters. The van der Waals surface area contributed by atoms with Crippen LogP contribution in [-0.2, 0) is 16.1 Å². The van der Waals surface area contributed by atoms with Crippen molar-refractivity contribution >= 4 is 17.8 Å². The maximum absolute atomic E-state index is 12.3. The minimum atomic E-state index is -1.05. The van der Waals surface area contributed by atoms with E-state index < -0.39 is 36.5 Å². The second kappa shape index (κ2) is 7.59. The van der Waals surface area contributed by atoms with Crippen LogP contribution in [0, 0.1) is 0 Å². The molecule has 23 heavy (non-hydrogen) atoms. The SMILES string of the molecule is CN(Cc1ccccc1)C(=O)C(CO)NC(=O)C1CNC(=O)N1. The van der Waals surface area contributed by atoms with Gasteiger partial charge in [0.1, 0.15) is 12.1 Å². The van der Waals surface area contributed by atoms with Gasteiger partial charge in [0, 0.05) is 20.1 Å². The lowest BCUT2D eigenvalue weighted by atomic mass is 10.2. The summed E-state index contributed by atoms with van der Waals surface area (Å²) in [6.45, 7) is 0.00240. The monoisotopic (exact) mass is 320 g/mol. The number of nitrogens with one attached hydrogen (secondary N) is 3. The first-order valence-corrected chi connectivity index (χ1v) is 7.25. The molecule has 1 saturated heterocycles. The summed E-state index contributed by atoms with van der Waals surface area (Å²) in [6, 6.07) is 7.16. The van der Waals surface area contributed by atoms with Crippen LogP contribution in [0.1, 0.15) is 5.56 Å². The summed E-state index contributed by atoms with van der Waals surface area (Å²) in [5.41, 5.74) is 0.943. The molecule has 8 nitrogen and oxygen atoms in total.